The van der Waals surface area contributed by atoms with Crippen LogP contribution in [0.5, 0.6) is 5.75 Å². The number of methoxy groups -OCH3 is 1. The van der Waals surface area contributed by atoms with E-state index in [0.29, 0.717) is 0 Å². The molecule has 0 saturated heterocycles. The summed E-state index contributed by atoms with van der Waals surface area (Å²) >= 11 is 0. The molecule has 2 heteroatoms. The SMILES string of the molecule is COc1c(-c2ccc(C)cc2N)ccc(C)c1C. The van der Waals surface area contributed by atoms with Crippen molar-refractivity contribution in [1.29, 1.82) is 0 Å². The minimum atomic E-state index is 0.788. The summed E-state index contributed by atoms with van der Waals surface area (Å²) in [5.74, 6) is 0.908. The van der Waals surface area contributed by atoms with Crippen LogP contribution in [0.3, 0.4) is 0 Å². The molecule has 2 aromatic carbocycles. The van der Waals surface area contributed by atoms with E-state index in [4.69, 9.17) is 10.5 Å². The highest BCUT2D eigenvalue weighted by molar-refractivity contribution is 5.82. The van der Waals surface area contributed by atoms with Crippen molar-refractivity contribution in [2.24, 2.45) is 0 Å². The predicted molar refractivity (Wildman–Crippen MR) is 77.1 cm³/mol. The average Bonchev–Trinajstić information content (AvgIpc) is 2.33. The molecule has 0 saturated carbocycles. The van der Waals surface area contributed by atoms with Gasteiger partial charge in [0, 0.05) is 16.8 Å². The van der Waals surface area contributed by atoms with Gasteiger partial charge in [0.25, 0.3) is 0 Å². The summed E-state index contributed by atoms with van der Waals surface area (Å²) in [6.07, 6.45) is 0. The van der Waals surface area contributed by atoms with Gasteiger partial charge in [-0.05, 0) is 43.5 Å². The first-order valence-electron chi connectivity index (χ1n) is 6.05. The van der Waals surface area contributed by atoms with E-state index in [1.54, 1.807) is 7.11 Å². The summed E-state index contributed by atoms with van der Waals surface area (Å²) in [5, 5.41) is 0. The Balaban J connectivity index is 2.67. The molecule has 18 heavy (non-hydrogen) atoms. The highest BCUT2D eigenvalue weighted by Gasteiger charge is 2.12. The lowest BCUT2D eigenvalue weighted by Crippen LogP contribution is -1.97. The van der Waals surface area contributed by atoms with Gasteiger partial charge in [0.2, 0.25) is 0 Å². The number of anilines is 1. The highest BCUT2D eigenvalue weighted by atomic mass is 16.5. The number of ether oxygens (including phenoxy) is 1. The van der Waals surface area contributed by atoms with Crippen molar-refractivity contribution < 1.29 is 4.74 Å². The van der Waals surface area contributed by atoms with Crippen LogP contribution in [0, 0.1) is 20.8 Å². The molecule has 0 heterocycles. The lowest BCUT2D eigenvalue weighted by molar-refractivity contribution is 0.413. The van der Waals surface area contributed by atoms with Gasteiger partial charge in [0.15, 0.2) is 0 Å². The van der Waals surface area contributed by atoms with Crippen LogP contribution in [0.4, 0.5) is 5.69 Å². The maximum atomic E-state index is 6.11. The smallest absolute Gasteiger partial charge is 0.129 e. The molecular formula is C16H19NO. The number of nitrogen functional groups attached to an aromatic ring is 1. The topological polar surface area (TPSA) is 35.2 Å². The predicted octanol–water partition coefficient (Wildman–Crippen LogP) is 3.87. The Bertz CT molecular complexity index is 588. The number of aryl methyl sites for hydroxylation is 2. The van der Waals surface area contributed by atoms with Crippen LogP contribution in [0.25, 0.3) is 11.1 Å². The van der Waals surface area contributed by atoms with E-state index >= 15 is 0 Å². The molecule has 0 spiro atoms. The molecule has 94 valence electrons. The summed E-state index contributed by atoms with van der Waals surface area (Å²) in [5.41, 5.74) is 12.5. The number of nitrogens with two attached hydrogens (primary N) is 1. The van der Waals surface area contributed by atoms with E-state index < -0.39 is 0 Å². The van der Waals surface area contributed by atoms with E-state index in [1.807, 2.05) is 13.0 Å². The third-order valence-electron chi connectivity index (χ3n) is 3.38. The quantitative estimate of drug-likeness (QED) is 0.810. The Morgan fingerprint density at radius 2 is 1.61 bits per heavy atom. The van der Waals surface area contributed by atoms with Crippen LogP contribution in [0.2, 0.25) is 0 Å². The fourth-order valence-electron chi connectivity index (χ4n) is 2.19. The molecule has 0 aromatic heterocycles. The fourth-order valence-corrected chi connectivity index (χ4v) is 2.19. The zero-order valence-electron chi connectivity index (χ0n) is 11.4. The van der Waals surface area contributed by atoms with Gasteiger partial charge < -0.3 is 10.5 Å². The molecule has 2 rings (SSSR count). The van der Waals surface area contributed by atoms with Gasteiger partial charge in [-0.2, -0.15) is 0 Å². The summed E-state index contributed by atoms with van der Waals surface area (Å²) in [4.78, 5) is 0. The van der Waals surface area contributed by atoms with Crippen molar-refractivity contribution in [3.63, 3.8) is 0 Å². The van der Waals surface area contributed by atoms with E-state index in [1.165, 1.54) is 11.1 Å². The molecule has 0 amide bonds. The van der Waals surface area contributed by atoms with Gasteiger partial charge in [0.05, 0.1) is 7.11 Å². The number of benzene rings is 2. The third kappa shape index (κ3) is 2.06. The second-order valence-electron chi connectivity index (χ2n) is 4.68. The van der Waals surface area contributed by atoms with Crippen LogP contribution < -0.4 is 10.5 Å². The van der Waals surface area contributed by atoms with Crippen LogP contribution in [0.1, 0.15) is 16.7 Å². The fraction of sp³-hybridized carbons (Fsp3) is 0.250. The van der Waals surface area contributed by atoms with Gasteiger partial charge in [0.1, 0.15) is 5.75 Å². The average molecular weight is 241 g/mol. The summed E-state index contributed by atoms with van der Waals surface area (Å²) in [7, 11) is 1.70. The Morgan fingerprint density at radius 1 is 0.944 bits per heavy atom. The Morgan fingerprint density at radius 3 is 2.22 bits per heavy atom. The van der Waals surface area contributed by atoms with Crippen molar-refractivity contribution in [3.05, 3.63) is 47.0 Å². The van der Waals surface area contributed by atoms with Crippen molar-refractivity contribution in [3.8, 4) is 16.9 Å². The molecule has 2 N–H and O–H groups in total. The molecule has 2 aromatic rings. The molecule has 0 aliphatic heterocycles. The number of hydrogen-bond acceptors (Lipinski definition) is 2. The normalized spacial score (nSPS) is 10.4. The Hall–Kier alpha value is -1.96. The zero-order chi connectivity index (χ0) is 13.3. The van der Waals surface area contributed by atoms with E-state index in [-0.39, 0.29) is 0 Å². The second-order valence-corrected chi connectivity index (χ2v) is 4.68. The van der Waals surface area contributed by atoms with Gasteiger partial charge in [-0.1, -0.05) is 24.3 Å². The molecule has 2 nitrogen and oxygen atoms in total. The van der Waals surface area contributed by atoms with Crippen LogP contribution in [-0.4, -0.2) is 7.11 Å². The monoisotopic (exact) mass is 241 g/mol. The van der Waals surface area contributed by atoms with E-state index in [9.17, 15) is 0 Å². The van der Waals surface area contributed by atoms with Crippen molar-refractivity contribution in [1.82, 2.24) is 0 Å². The number of hydrogen-bond donors (Lipinski definition) is 1. The minimum Gasteiger partial charge on any atom is -0.496 e. The van der Waals surface area contributed by atoms with Crippen LogP contribution >= 0.6 is 0 Å². The van der Waals surface area contributed by atoms with Crippen LogP contribution in [-0.2, 0) is 0 Å². The maximum Gasteiger partial charge on any atom is 0.129 e. The first-order chi connectivity index (χ1) is 8.54. The molecule has 0 aliphatic rings. The lowest BCUT2D eigenvalue weighted by atomic mass is 9.97. The van der Waals surface area contributed by atoms with Crippen molar-refractivity contribution in [2.45, 2.75) is 20.8 Å². The highest BCUT2D eigenvalue weighted by Crippen LogP contribution is 2.37. The standard InChI is InChI=1S/C16H19NO/c1-10-5-7-13(15(17)9-10)14-8-6-11(2)12(3)16(14)18-4/h5-9H,17H2,1-4H3. The zero-order valence-corrected chi connectivity index (χ0v) is 11.4. The molecule has 0 fully saturated rings. The first-order valence-corrected chi connectivity index (χ1v) is 6.05. The molecule has 0 bridgehead atoms. The van der Waals surface area contributed by atoms with Gasteiger partial charge in [-0.25, -0.2) is 0 Å². The van der Waals surface area contributed by atoms with Crippen LogP contribution in [0.15, 0.2) is 30.3 Å². The summed E-state index contributed by atoms with van der Waals surface area (Å²) in [6.45, 7) is 6.19. The van der Waals surface area contributed by atoms with Gasteiger partial charge in [-0.3, -0.25) is 0 Å². The first kappa shape index (κ1) is 12.5. The third-order valence-corrected chi connectivity index (χ3v) is 3.38. The van der Waals surface area contributed by atoms with Gasteiger partial charge in [-0.15, -0.1) is 0 Å². The maximum absolute atomic E-state index is 6.11. The molecule has 0 atom stereocenters. The largest absolute Gasteiger partial charge is 0.496 e. The Kier molecular flexibility index (Phi) is 3.28. The van der Waals surface area contributed by atoms with E-state index in [0.717, 1.165) is 28.1 Å². The van der Waals surface area contributed by atoms with Crippen molar-refractivity contribution in [2.75, 3.05) is 12.8 Å². The molecule has 0 unspecified atom stereocenters. The minimum absolute atomic E-state index is 0.788. The molecule has 0 radical (unpaired) electrons. The summed E-state index contributed by atoms with van der Waals surface area (Å²) in [6, 6.07) is 10.3. The van der Waals surface area contributed by atoms with Crippen molar-refractivity contribution >= 4 is 5.69 Å². The van der Waals surface area contributed by atoms with E-state index in [2.05, 4.69) is 38.1 Å². The number of rotatable bonds is 2. The Labute approximate surface area is 108 Å². The van der Waals surface area contributed by atoms with Gasteiger partial charge >= 0.3 is 0 Å². The summed E-state index contributed by atoms with van der Waals surface area (Å²) < 4.78 is 5.54. The molecule has 0 aliphatic carbocycles. The second kappa shape index (κ2) is 4.73. The molecular weight excluding hydrogens is 222 g/mol. The lowest BCUT2D eigenvalue weighted by Gasteiger charge is -2.15.